The lowest BCUT2D eigenvalue weighted by atomic mass is 10.1. The molecule has 0 aliphatic heterocycles. The molecule has 2 N–H and O–H groups in total. The molecule has 0 aromatic heterocycles. The Morgan fingerprint density at radius 1 is 1.35 bits per heavy atom. The van der Waals surface area contributed by atoms with Gasteiger partial charge < -0.3 is 15.3 Å². The van der Waals surface area contributed by atoms with Crippen LogP contribution in [-0.2, 0) is 6.54 Å². The van der Waals surface area contributed by atoms with Gasteiger partial charge in [-0.1, -0.05) is 31.0 Å². The first-order valence-electron chi connectivity index (χ1n) is 7.62. The van der Waals surface area contributed by atoms with Crippen molar-refractivity contribution < 1.29 is 5.11 Å². The fourth-order valence-electron chi connectivity index (χ4n) is 2.37. The minimum absolute atomic E-state index is 0.172. The van der Waals surface area contributed by atoms with Gasteiger partial charge in [0, 0.05) is 41.9 Å². The Balaban J connectivity index is 2.14. The molecule has 0 heterocycles. The second kappa shape index (κ2) is 7.87. The first-order chi connectivity index (χ1) is 9.76. The first kappa shape index (κ1) is 15.6. The highest BCUT2D eigenvalue weighted by Crippen LogP contribution is 2.29. The Labute approximate surface area is 126 Å². The summed E-state index contributed by atoms with van der Waals surface area (Å²) in [4.78, 5) is 2.25. The predicted molar refractivity (Wildman–Crippen MR) is 85.5 cm³/mol. The van der Waals surface area contributed by atoms with Gasteiger partial charge in [-0.05, 0) is 31.4 Å². The molecule has 0 spiro atoms. The zero-order chi connectivity index (χ0) is 14.4. The van der Waals surface area contributed by atoms with E-state index in [1.54, 1.807) is 0 Å². The van der Waals surface area contributed by atoms with Crippen LogP contribution in [0.1, 0.15) is 38.2 Å². The molecule has 0 atom stereocenters. The quantitative estimate of drug-likeness (QED) is 0.734. The Hall–Kier alpha value is -0.770. The average Bonchev–Trinajstić information content (AvgIpc) is 3.26. The van der Waals surface area contributed by atoms with E-state index in [4.69, 9.17) is 11.6 Å². The second-order valence-electron chi connectivity index (χ2n) is 5.46. The molecule has 1 fully saturated rings. The van der Waals surface area contributed by atoms with Crippen LogP contribution in [0.4, 0.5) is 5.69 Å². The third-order valence-corrected chi connectivity index (χ3v) is 4.09. The Bertz CT molecular complexity index is 421. The van der Waals surface area contributed by atoms with Crippen molar-refractivity contribution >= 4 is 17.3 Å². The zero-order valence-corrected chi connectivity index (χ0v) is 13.0. The number of aliphatic hydroxyl groups is 1. The van der Waals surface area contributed by atoms with Crippen molar-refractivity contribution in [1.82, 2.24) is 5.32 Å². The topological polar surface area (TPSA) is 35.5 Å². The van der Waals surface area contributed by atoms with Crippen LogP contribution in [0.25, 0.3) is 0 Å². The summed E-state index contributed by atoms with van der Waals surface area (Å²) in [6.07, 6.45) is 4.83. The van der Waals surface area contributed by atoms with Crippen molar-refractivity contribution in [3.8, 4) is 0 Å². The van der Waals surface area contributed by atoms with Gasteiger partial charge in [-0.3, -0.25) is 0 Å². The lowest BCUT2D eigenvalue weighted by molar-refractivity contribution is 0.301. The SMILES string of the molecule is CCCCN(CCO)c1cccc(Cl)c1CNC1CC1. The number of nitrogens with one attached hydrogen (secondary N) is 1. The highest BCUT2D eigenvalue weighted by atomic mass is 35.5. The molecule has 2 rings (SSSR count). The van der Waals surface area contributed by atoms with E-state index in [1.807, 2.05) is 12.1 Å². The molecule has 1 aliphatic rings. The van der Waals surface area contributed by atoms with E-state index in [2.05, 4.69) is 23.2 Å². The number of halogens is 1. The maximum absolute atomic E-state index is 9.30. The number of unbranched alkanes of at least 4 members (excludes halogenated alkanes) is 1. The van der Waals surface area contributed by atoms with Crippen LogP contribution in [0.3, 0.4) is 0 Å². The van der Waals surface area contributed by atoms with Crippen LogP contribution in [0.15, 0.2) is 18.2 Å². The molecule has 3 nitrogen and oxygen atoms in total. The summed E-state index contributed by atoms with van der Waals surface area (Å²) in [5, 5.41) is 13.6. The molecule has 0 radical (unpaired) electrons. The van der Waals surface area contributed by atoms with Gasteiger partial charge >= 0.3 is 0 Å². The maximum Gasteiger partial charge on any atom is 0.0606 e. The van der Waals surface area contributed by atoms with Gasteiger partial charge in [0.1, 0.15) is 0 Å². The lowest BCUT2D eigenvalue weighted by Gasteiger charge is -2.27. The van der Waals surface area contributed by atoms with Crippen molar-refractivity contribution in [3.63, 3.8) is 0 Å². The predicted octanol–water partition coefficient (Wildman–Crippen LogP) is 3.19. The third-order valence-electron chi connectivity index (χ3n) is 3.73. The molecule has 0 amide bonds. The summed E-state index contributed by atoms with van der Waals surface area (Å²) in [7, 11) is 0. The van der Waals surface area contributed by atoms with Crippen molar-refractivity contribution in [2.75, 3.05) is 24.6 Å². The second-order valence-corrected chi connectivity index (χ2v) is 5.86. The van der Waals surface area contributed by atoms with Gasteiger partial charge in [-0.25, -0.2) is 0 Å². The largest absolute Gasteiger partial charge is 0.395 e. The fraction of sp³-hybridized carbons (Fsp3) is 0.625. The van der Waals surface area contributed by atoms with E-state index >= 15 is 0 Å². The Kier molecular flexibility index (Phi) is 6.14. The Morgan fingerprint density at radius 3 is 2.80 bits per heavy atom. The van der Waals surface area contributed by atoms with Crippen LogP contribution < -0.4 is 10.2 Å². The molecule has 0 unspecified atom stereocenters. The molecular formula is C16H25ClN2O. The molecule has 1 saturated carbocycles. The molecule has 0 bridgehead atoms. The maximum atomic E-state index is 9.30. The first-order valence-corrected chi connectivity index (χ1v) is 8.00. The molecule has 112 valence electrons. The minimum atomic E-state index is 0.172. The minimum Gasteiger partial charge on any atom is -0.395 e. The number of rotatable bonds is 9. The highest BCUT2D eigenvalue weighted by molar-refractivity contribution is 6.31. The van der Waals surface area contributed by atoms with Crippen LogP contribution in [0.5, 0.6) is 0 Å². The molecule has 0 saturated heterocycles. The summed E-state index contributed by atoms with van der Waals surface area (Å²) in [6, 6.07) is 6.72. The molecular weight excluding hydrogens is 272 g/mol. The summed E-state index contributed by atoms with van der Waals surface area (Å²) in [6.45, 7) is 4.80. The van der Waals surface area contributed by atoms with Gasteiger partial charge in [0.25, 0.3) is 0 Å². The monoisotopic (exact) mass is 296 g/mol. The third kappa shape index (κ3) is 4.37. The van der Waals surface area contributed by atoms with E-state index in [-0.39, 0.29) is 6.61 Å². The van der Waals surface area contributed by atoms with Crippen molar-refractivity contribution in [1.29, 1.82) is 0 Å². The Morgan fingerprint density at radius 2 is 2.15 bits per heavy atom. The number of aliphatic hydroxyl groups excluding tert-OH is 1. The van der Waals surface area contributed by atoms with Gasteiger partial charge in [0.05, 0.1) is 6.61 Å². The number of hydrogen-bond donors (Lipinski definition) is 2. The van der Waals surface area contributed by atoms with Crippen LogP contribution >= 0.6 is 11.6 Å². The zero-order valence-electron chi connectivity index (χ0n) is 12.2. The van der Waals surface area contributed by atoms with E-state index in [1.165, 1.54) is 12.8 Å². The van der Waals surface area contributed by atoms with Crippen LogP contribution in [0.2, 0.25) is 5.02 Å². The summed E-state index contributed by atoms with van der Waals surface area (Å²) >= 11 is 6.38. The van der Waals surface area contributed by atoms with E-state index in [0.29, 0.717) is 12.6 Å². The number of hydrogen-bond acceptors (Lipinski definition) is 3. The van der Waals surface area contributed by atoms with E-state index < -0.39 is 0 Å². The normalized spacial score (nSPS) is 14.6. The van der Waals surface area contributed by atoms with Crippen LogP contribution in [-0.4, -0.2) is 30.8 Å². The number of benzene rings is 1. The number of nitrogens with zero attached hydrogens (tertiary/aromatic N) is 1. The van der Waals surface area contributed by atoms with Gasteiger partial charge in [-0.2, -0.15) is 0 Å². The number of anilines is 1. The fourth-order valence-corrected chi connectivity index (χ4v) is 2.61. The molecule has 4 heteroatoms. The molecule has 1 aromatic rings. The standard InChI is InChI=1S/C16H25ClN2O/c1-2-3-9-19(10-11-20)16-6-4-5-15(17)14(16)12-18-13-7-8-13/h4-6,13,18,20H,2-3,7-12H2,1H3. The molecule has 20 heavy (non-hydrogen) atoms. The van der Waals surface area contributed by atoms with Gasteiger partial charge in [0.2, 0.25) is 0 Å². The van der Waals surface area contributed by atoms with Crippen molar-refractivity contribution in [2.45, 2.75) is 45.2 Å². The summed E-state index contributed by atoms with van der Waals surface area (Å²) in [5.41, 5.74) is 2.32. The highest BCUT2D eigenvalue weighted by Gasteiger charge is 2.22. The van der Waals surface area contributed by atoms with E-state index in [0.717, 1.165) is 42.2 Å². The van der Waals surface area contributed by atoms with E-state index in [9.17, 15) is 5.11 Å². The summed E-state index contributed by atoms with van der Waals surface area (Å²) in [5.74, 6) is 0. The van der Waals surface area contributed by atoms with Crippen molar-refractivity contribution in [2.24, 2.45) is 0 Å². The van der Waals surface area contributed by atoms with Crippen LogP contribution in [0, 0.1) is 0 Å². The molecule has 1 aromatic carbocycles. The van der Waals surface area contributed by atoms with Gasteiger partial charge in [0.15, 0.2) is 0 Å². The lowest BCUT2D eigenvalue weighted by Crippen LogP contribution is -2.29. The van der Waals surface area contributed by atoms with Gasteiger partial charge in [-0.15, -0.1) is 0 Å². The summed E-state index contributed by atoms with van der Waals surface area (Å²) < 4.78 is 0. The smallest absolute Gasteiger partial charge is 0.0606 e. The van der Waals surface area contributed by atoms with Crippen molar-refractivity contribution in [3.05, 3.63) is 28.8 Å². The average molecular weight is 297 g/mol. The molecule has 1 aliphatic carbocycles.